The number of carbonyl (C=O) groups excluding carboxylic acids is 1. The van der Waals surface area contributed by atoms with E-state index in [9.17, 15) is 30.3 Å². The summed E-state index contributed by atoms with van der Waals surface area (Å²) in [6.45, 7) is 3.81. The van der Waals surface area contributed by atoms with Crippen LogP contribution < -0.4 is 5.32 Å². The summed E-state index contributed by atoms with van der Waals surface area (Å²) >= 11 is 0. The summed E-state index contributed by atoms with van der Waals surface area (Å²) in [6, 6.07) is -0.799. The summed E-state index contributed by atoms with van der Waals surface area (Å²) in [7, 11) is 0. The van der Waals surface area contributed by atoms with Gasteiger partial charge in [-0.3, -0.25) is 4.79 Å². The van der Waals surface area contributed by atoms with E-state index in [-0.39, 0.29) is 12.5 Å². The number of amides is 1. The van der Waals surface area contributed by atoms with Crippen LogP contribution in [0.5, 0.6) is 0 Å². The lowest BCUT2D eigenvalue weighted by Gasteiger charge is -2.40. The Hall–Kier alpha value is -1.07. The predicted octanol–water partition coefficient (Wildman–Crippen LogP) is 11.7. The van der Waals surface area contributed by atoms with Crippen LogP contribution in [-0.4, -0.2) is 87.5 Å². The Morgan fingerprint density at radius 3 is 1.30 bits per heavy atom. The van der Waals surface area contributed by atoms with Crippen molar-refractivity contribution >= 4 is 5.91 Å². The summed E-state index contributed by atoms with van der Waals surface area (Å²) in [4.78, 5) is 13.0. The second kappa shape index (κ2) is 41.9. The van der Waals surface area contributed by atoms with Gasteiger partial charge in [0.2, 0.25) is 5.91 Å². The number of nitrogens with one attached hydrogen (secondary N) is 1. The van der Waals surface area contributed by atoms with E-state index in [4.69, 9.17) is 9.47 Å². The second-order valence-electron chi connectivity index (χ2n) is 18.3. The monoisotopic (exact) mass is 854 g/mol. The lowest BCUT2D eigenvalue weighted by Crippen LogP contribution is -2.60. The number of aliphatic hydroxyl groups excluding tert-OH is 5. The molecule has 0 spiro atoms. The molecule has 356 valence electrons. The zero-order chi connectivity index (χ0) is 43.7. The summed E-state index contributed by atoms with van der Waals surface area (Å²) in [5.41, 5.74) is 0. The molecule has 7 atom stereocenters. The molecule has 1 amide bonds. The van der Waals surface area contributed by atoms with Gasteiger partial charge in [-0.2, -0.15) is 0 Å². The lowest BCUT2D eigenvalue weighted by molar-refractivity contribution is -0.302. The van der Waals surface area contributed by atoms with Crippen LogP contribution >= 0.6 is 0 Å². The Bertz CT molecular complexity index is 950. The molecule has 0 saturated carbocycles. The first-order valence-electron chi connectivity index (χ1n) is 25.9. The highest BCUT2D eigenvalue weighted by molar-refractivity contribution is 5.76. The highest BCUT2D eigenvalue weighted by atomic mass is 16.7. The summed E-state index contributed by atoms with van der Waals surface area (Å²) in [5.74, 6) is -0.172. The van der Waals surface area contributed by atoms with E-state index in [1.807, 2.05) is 6.08 Å². The number of rotatable bonds is 44. The number of unbranched alkanes of at least 4 members (excludes halogenated alkanes) is 34. The minimum atomic E-state index is -1.56. The summed E-state index contributed by atoms with van der Waals surface area (Å²) in [6.07, 6.45) is 42.6. The molecule has 1 rings (SSSR count). The molecule has 0 aromatic rings. The fourth-order valence-corrected chi connectivity index (χ4v) is 8.45. The van der Waals surface area contributed by atoms with Crippen LogP contribution in [0, 0.1) is 0 Å². The molecular weight excluding hydrogens is 755 g/mol. The van der Waals surface area contributed by atoms with E-state index in [1.54, 1.807) is 6.08 Å². The first kappa shape index (κ1) is 56.9. The lowest BCUT2D eigenvalue weighted by atomic mass is 9.99. The van der Waals surface area contributed by atoms with Crippen LogP contribution in [0.25, 0.3) is 0 Å². The predicted molar refractivity (Wildman–Crippen MR) is 249 cm³/mol. The zero-order valence-corrected chi connectivity index (χ0v) is 39.2. The van der Waals surface area contributed by atoms with Gasteiger partial charge in [-0.25, -0.2) is 0 Å². The van der Waals surface area contributed by atoms with E-state index in [1.165, 1.54) is 193 Å². The first-order valence-corrected chi connectivity index (χ1v) is 25.9. The SMILES string of the molecule is CCCCCCCCCCCCCCCCC/C=C/[C@@H](O)[C@H](CO[C@H]1O[C@@H](CO)[C@H](O)C(O)C1O)NC(=O)CCCCCCCCCCCCCCCCCCCCCC. The average Bonchev–Trinajstić information content (AvgIpc) is 3.25. The Morgan fingerprint density at radius 1 is 0.550 bits per heavy atom. The van der Waals surface area contributed by atoms with Crippen LogP contribution in [0.3, 0.4) is 0 Å². The Labute approximate surface area is 369 Å². The van der Waals surface area contributed by atoms with Crippen molar-refractivity contribution in [3.05, 3.63) is 12.2 Å². The molecule has 0 radical (unpaired) electrons. The third-order valence-corrected chi connectivity index (χ3v) is 12.6. The summed E-state index contributed by atoms with van der Waals surface area (Å²) < 4.78 is 11.2. The van der Waals surface area contributed by atoms with Crippen LogP contribution in [-0.2, 0) is 14.3 Å². The van der Waals surface area contributed by atoms with Crippen LogP contribution in [0.1, 0.15) is 251 Å². The quantitative estimate of drug-likeness (QED) is 0.0262. The van der Waals surface area contributed by atoms with Gasteiger partial charge < -0.3 is 40.3 Å². The molecule has 9 heteroatoms. The Balaban J connectivity index is 2.28. The number of hydrogen-bond acceptors (Lipinski definition) is 8. The second-order valence-corrected chi connectivity index (χ2v) is 18.3. The van der Waals surface area contributed by atoms with E-state index < -0.39 is 49.5 Å². The highest BCUT2D eigenvalue weighted by Crippen LogP contribution is 2.23. The van der Waals surface area contributed by atoms with Gasteiger partial charge in [0.1, 0.15) is 24.4 Å². The molecule has 9 nitrogen and oxygen atoms in total. The van der Waals surface area contributed by atoms with Gasteiger partial charge in [0.15, 0.2) is 6.29 Å². The first-order chi connectivity index (χ1) is 29.3. The molecule has 1 saturated heterocycles. The van der Waals surface area contributed by atoms with Gasteiger partial charge in [0.05, 0.1) is 25.4 Å². The third-order valence-electron chi connectivity index (χ3n) is 12.6. The molecule has 1 aliphatic heterocycles. The molecule has 0 bridgehead atoms. The molecule has 6 N–H and O–H groups in total. The maximum Gasteiger partial charge on any atom is 0.220 e. The van der Waals surface area contributed by atoms with Crippen molar-refractivity contribution in [3.8, 4) is 0 Å². The molecule has 0 aliphatic carbocycles. The highest BCUT2D eigenvalue weighted by Gasteiger charge is 2.44. The van der Waals surface area contributed by atoms with Crippen LogP contribution in [0.4, 0.5) is 0 Å². The van der Waals surface area contributed by atoms with Crippen molar-refractivity contribution in [2.75, 3.05) is 13.2 Å². The van der Waals surface area contributed by atoms with Crippen LogP contribution in [0.2, 0.25) is 0 Å². The van der Waals surface area contributed by atoms with E-state index >= 15 is 0 Å². The molecule has 1 aliphatic rings. The zero-order valence-electron chi connectivity index (χ0n) is 39.2. The molecule has 60 heavy (non-hydrogen) atoms. The minimum Gasteiger partial charge on any atom is -0.394 e. The van der Waals surface area contributed by atoms with Gasteiger partial charge in [-0.1, -0.05) is 238 Å². The van der Waals surface area contributed by atoms with Crippen LogP contribution in [0.15, 0.2) is 12.2 Å². The van der Waals surface area contributed by atoms with Crippen molar-refractivity contribution in [2.24, 2.45) is 0 Å². The Morgan fingerprint density at radius 2 is 0.917 bits per heavy atom. The third kappa shape index (κ3) is 31.7. The molecule has 0 aromatic carbocycles. The fourth-order valence-electron chi connectivity index (χ4n) is 8.45. The topological polar surface area (TPSA) is 149 Å². The minimum absolute atomic E-state index is 0.172. The number of ether oxygens (including phenoxy) is 2. The molecule has 0 aromatic heterocycles. The average molecular weight is 854 g/mol. The van der Waals surface area contributed by atoms with Gasteiger partial charge in [-0.05, 0) is 19.3 Å². The number of allylic oxidation sites excluding steroid dienone is 1. The van der Waals surface area contributed by atoms with Gasteiger partial charge in [0, 0.05) is 6.42 Å². The molecular formula is C51H99NO8. The summed E-state index contributed by atoms with van der Waals surface area (Å²) in [5, 5.41) is 54.3. The van der Waals surface area contributed by atoms with E-state index in [0.717, 1.165) is 38.5 Å². The molecule has 1 fully saturated rings. The fraction of sp³-hybridized carbons (Fsp3) is 0.941. The maximum absolute atomic E-state index is 13.0. The normalized spacial score (nSPS) is 20.6. The number of aliphatic hydroxyl groups is 5. The van der Waals surface area contributed by atoms with Crippen molar-refractivity contribution in [1.29, 1.82) is 0 Å². The van der Waals surface area contributed by atoms with Gasteiger partial charge in [-0.15, -0.1) is 0 Å². The van der Waals surface area contributed by atoms with Crippen molar-refractivity contribution in [1.82, 2.24) is 5.32 Å². The van der Waals surface area contributed by atoms with Crippen molar-refractivity contribution < 1.29 is 39.8 Å². The van der Waals surface area contributed by atoms with E-state index in [2.05, 4.69) is 19.2 Å². The molecule has 1 heterocycles. The van der Waals surface area contributed by atoms with Gasteiger partial charge in [0.25, 0.3) is 0 Å². The smallest absolute Gasteiger partial charge is 0.220 e. The largest absolute Gasteiger partial charge is 0.394 e. The van der Waals surface area contributed by atoms with Crippen molar-refractivity contribution in [2.45, 2.75) is 294 Å². The standard InChI is InChI=1S/C51H99NO8/c1-3-5-7-9-11-13-15-17-19-21-22-23-25-27-29-31-33-35-37-39-41-47(55)52-44(43-59-51-50(58)49(57)48(56)46(42-53)60-51)45(54)40-38-36-34-32-30-28-26-24-20-18-16-14-12-10-8-6-4-2/h38,40,44-46,48-51,53-54,56-58H,3-37,39,41-43H2,1-2H3,(H,52,55)/b40-38+/t44-,45+,46-,48-,49?,50?,51-/m0/s1. The maximum atomic E-state index is 13.0. The Kier molecular flexibility index (Phi) is 39.8. The number of carbonyl (C=O) groups is 1. The molecule has 2 unspecified atom stereocenters. The van der Waals surface area contributed by atoms with Crippen molar-refractivity contribution in [3.63, 3.8) is 0 Å². The van der Waals surface area contributed by atoms with E-state index in [0.29, 0.717) is 6.42 Å². The number of hydrogen-bond donors (Lipinski definition) is 6. The van der Waals surface area contributed by atoms with Gasteiger partial charge >= 0.3 is 0 Å².